The molecule has 4 nitrogen and oxygen atoms in total. The van der Waals surface area contributed by atoms with Crippen LogP contribution in [0.3, 0.4) is 0 Å². The first-order valence-electron chi connectivity index (χ1n) is 11.5. The molecule has 0 unspecified atom stereocenters. The van der Waals surface area contributed by atoms with Crippen molar-refractivity contribution in [3.63, 3.8) is 0 Å². The number of nitrogens with one attached hydrogen (secondary N) is 1. The lowest BCUT2D eigenvalue weighted by atomic mass is 9.86. The van der Waals surface area contributed by atoms with E-state index in [1.165, 1.54) is 36.0 Å². The smallest absolute Gasteiger partial charge is 0.255 e. The molecule has 166 valence electrons. The molecule has 1 heterocycles. The van der Waals surface area contributed by atoms with Crippen molar-refractivity contribution in [1.29, 1.82) is 0 Å². The number of carbonyl (C=O) groups is 1. The Kier molecular flexibility index (Phi) is 6.59. The summed E-state index contributed by atoms with van der Waals surface area (Å²) < 4.78 is 6.15. The van der Waals surface area contributed by atoms with Gasteiger partial charge in [-0.3, -0.25) is 9.78 Å². The predicted molar refractivity (Wildman–Crippen MR) is 129 cm³/mol. The topological polar surface area (TPSA) is 51.2 Å². The van der Waals surface area contributed by atoms with E-state index >= 15 is 0 Å². The van der Waals surface area contributed by atoms with Gasteiger partial charge in [-0.1, -0.05) is 45.4 Å². The van der Waals surface area contributed by atoms with Crippen LogP contribution in [0.15, 0.2) is 60.8 Å². The average molecular weight is 429 g/mol. The number of nitrogens with zero attached hydrogens (tertiary/aromatic N) is 1. The van der Waals surface area contributed by atoms with Crippen LogP contribution in [0.2, 0.25) is 0 Å². The van der Waals surface area contributed by atoms with Gasteiger partial charge in [0.15, 0.2) is 0 Å². The molecule has 4 rings (SSSR count). The number of aromatic nitrogens is 1. The molecule has 1 aliphatic carbocycles. The minimum absolute atomic E-state index is 0.0541. The molecule has 1 aromatic heterocycles. The minimum Gasteiger partial charge on any atom is -0.485 e. The van der Waals surface area contributed by atoms with Gasteiger partial charge in [-0.05, 0) is 84.2 Å². The highest BCUT2D eigenvalue weighted by molar-refractivity contribution is 6.05. The van der Waals surface area contributed by atoms with E-state index in [4.69, 9.17) is 4.74 Å². The zero-order valence-electron chi connectivity index (χ0n) is 19.3. The fourth-order valence-corrected chi connectivity index (χ4v) is 4.11. The maximum atomic E-state index is 13.1. The molecule has 1 aliphatic rings. The van der Waals surface area contributed by atoms with Crippen LogP contribution in [0.25, 0.3) is 0 Å². The van der Waals surface area contributed by atoms with Gasteiger partial charge in [-0.25, -0.2) is 0 Å². The van der Waals surface area contributed by atoms with Crippen molar-refractivity contribution in [2.45, 2.75) is 64.9 Å². The van der Waals surface area contributed by atoms with Crippen molar-refractivity contribution < 1.29 is 9.53 Å². The van der Waals surface area contributed by atoms with E-state index in [2.05, 4.69) is 43.2 Å². The van der Waals surface area contributed by atoms with Gasteiger partial charge in [0, 0.05) is 11.8 Å². The van der Waals surface area contributed by atoms with Crippen molar-refractivity contribution in [2.24, 2.45) is 0 Å². The molecule has 2 aromatic carbocycles. The van der Waals surface area contributed by atoms with E-state index in [1.807, 2.05) is 42.5 Å². The Labute approximate surface area is 191 Å². The summed E-state index contributed by atoms with van der Waals surface area (Å²) >= 11 is 0. The van der Waals surface area contributed by atoms with E-state index in [-0.39, 0.29) is 11.3 Å². The van der Waals surface area contributed by atoms with Gasteiger partial charge in [-0.2, -0.15) is 0 Å². The molecule has 4 heteroatoms. The fraction of sp³-hybridized carbons (Fsp3) is 0.357. The molecule has 1 N–H and O–H groups in total. The molecule has 0 bridgehead atoms. The summed E-state index contributed by atoms with van der Waals surface area (Å²) in [7, 11) is 0. The molecule has 32 heavy (non-hydrogen) atoms. The quantitative estimate of drug-likeness (QED) is 0.473. The van der Waals surface area contributed by atoms with E-state index in [0.717, 1.165) is 24.2 Å². The van der Waals surface area contributed by atoms with Crippen LogP contribution in [-0.4, -0.2) is 10.9 Å². The van der Waals surface area contributed by atoms with Crippen LogP contribution in [0.4, 0.5) is 5.69 Å². The van der Waals surface area contributed by atoms with E-state index in [9.17, 15) is 4.79 Å². The first-order chi connectivity index (χ1) is 15.4. The van der Waals surface area contributed by atoms with Gasteiger partial charge in [0.05, 0.1) is 11.4 Å². The average Bonchev–Trinajstić information content (AvgIpc) is 3.02. The summed E-state index contributed by atoms with van der Waals surface area (Å²) in [5.41, 5.74) is 6.13. The molecule has 1 amide bonds. The molecule has 0 aliphatic heterocycles. The molecular weight excluding hydrogens is 396 g/mol. The highest BCUT2D eigenvalue weighted by atomic mass is 16.5. The highest BCUT2D eigenvalue weighted by Gasteiger charge is 2.18. The molecule has 3 aromatic rings. The van der Waals surface area contributed by atoms with Crippen LogP contribution >= 0.6 is 0 Å². The lowest BCUT2D eigenvalue weighted by Crippen LogP contribution is -2.15. The van der Waals surface area contributed by atoms with E-state index in [1.54, 1.807) is 6.20 Å². The Balaban J connectivity index is 1.59. The van der Waals surface area contributed by atoms with Crippen LogP contribution in [0.5, 0.6) is 5.75 Å². The first-order valence-corrected chi connectivity index (χ1v) is 11.5. The summed E-state index contributed by atoms with van der Waals surface area (Å²) in [6.07, 6.45) is 7.47. The molecule has 0 fully saturated rings. The lowest BCUT2D eigenvalue weighted by Gasteiger charge is -2.19. The van der Waals surface area contributed by atoms with Crippen molar-refractivity contribution in [3.8, 4) is 5.75 Å². The third-order valence-electron chi connectivity index (χ3n) is 6.06. The standard InChI is InChI=1S/C28H32N2O2/c1-28(2,3)23-14-12-20(13-15-23)27(31)30-25-17-21-9-5-4-6-10-22(21)18-26(25)32-19-24-11-7-8-16-29-24/h7-8,11-18H,4-6,9-10,19H2,1-3H3,(H,30,31). The lowest BCUT2D eigenvalue weighted by molar-refractivity contribution is 0.102. The van der Waals surface area contributed by atoms with E-state index < -0.39 is 0 Å². The number of aryl methyl sites for hydroxylation is 2. The fourth-order valence-electron chi connectivity index (χ4n) is 4.11. The summed E-state index contributed by atoms with van der Waals surface area (Å²) in [6, 6.07) is 17.9. The van der Waals surface area contributed by atoms with Gasteiger partial charge >= 0.3 is 0 Å². The van der Waals surface area contributed by atoms with Crippen LogP contribution in [0, 0.1) is 0 Å². The number of anilines is 1. The summed E-state index contributed by atoms with van der Waals surface area (Å²) in [5, 5.41) is 3.11. The summed E-state index contributed by atoms with van der Waals surface area (Å²) in [4.78, 5) is 17.4. The molecule has 0 saturated heterocycles. The highest BCUT2D eigenvalue weighted by Crippen LogP contribution is 2.33. The molecule has 0 atom stereocenters. The van der Waals surface area contributed by atoms with Crippen LogP contribution < -0.4 is 10.1 Å². The van der Waals surface area contributed by atoms with Gasteiger partial charge in [0.2, 0.25) is 0 Å². The summed E-state index contributed by atoms with van der Waals surface area (Å²) in [6.45, 7) is 6.87. The number of ether oxygens (including phenoxy) is 1. The number of rotatable bonds is 5. The Hall–Kier alpha value is -3.14. The third kappa shape index (κ3) is 5.37. The Morgan fingerprint density at radius 3 is 2.34 bits per heavy atom. The second kappa shape index (κ2) is 9.56. The Bertz CT molecular complexity index is 1070. The molecule has 0 radical (unpaired) electrons. The van der Waals surface area contributed by atoms with Gasteiger partial charge in [0.1, 0.15) is 12.4 Å². The summed E-state index contributed by atoms with van der Waals surface area (Å²) in [5.74, 6) is 0.581. The number of carbonyl (C=O) groups excluding carboxylic acids is 1. The van der Waals surface area contributed by atoms with E-state index in [0.29, 0.717) is 17.9 Å². The maximum absolute atomic E-state index is 13.1. The number of hydrogen-bond donors (Lipinski definition) is 1. The molecule has 0 saturated carbocycles. The maximum Gasteiger partial charge on any atom is 0.255 e. The number of benzene rings is 2. The molecular formula is C28H32N2O2. The minimum atomic E-state index is -0.123. The number of amides is 1. The predicted octanol–water partition coefficient (Wildman–Crippen LogP) is 6.48. The number of hydrogen-bond acceptors (Lipinski definition) is 3. The molecule has 0 spiro atoms. The second-order valence-corrected chi connectivity index (χ2v) is 9.57. The van der Waals surface area contributed by atoms with Crippen LogP contribution in [0.1, 0.15) is 72.8 Å². The normalized spacial score (nSPS) is 13.7. The number of pyridine rings is 1. The Morgan fingerprint density at radius 2 is 1.69 bits per heavy atom. The largest absolute Gasteiger partial charge is 0.485 e. The van der Waals surface area contributed by atoms with Crippen LogP contribution in [-0.2, 0) is 24.9 Å². The van der Waals surface area contributed by atoms with Crippen molar-refractivity contribution in [3.05, 3.63) is 88.7 Å². The zero-order chi connectivity index (χ0) is 22.6. The van der Waals surface area contributed by atoms with Crippen molar-refractivity contribution >= 4 is 11.6 Å². The van der Waals surface area contributed by atoms with Crippen molar-refractivity contribution in [1.82, 2.24) is 4.98 Å². The van der Waals surface area contributed by atoms with Gasteiger partial charge < -0.3 is 10.1 Å². The Morgan fingerprint density at radius 1 is 0.969 bits per heavy atom. The SMILES string of the molecule is CC(C)(C)c1ccc(C(=O)Nc2cc3c(cc2OCc2ccccn2)CCCCC3)cc1. The third-order valence-corrected chi connectivity index (χ3v) is 6.06. The monoisotopic (exact) mass is 428 g/mol. The van der Waals surface area contributed by atoms with Gasteiger partial charge in [-0.15, -0.1) is 0 Å². The zero-order valence-corrected chi connectivity index (χ0v) is 19.3. The van der Waals surface area contributed by atoms with Gasteiger partial charge in [0.25, 0.3) is 5.91 Å². The first kappa shape index (κ1) is 22.1. The number of fused-ring (bicyclic) bond motifs is 1. The van der Waals surface area contributed by atoms with Crippen molar-refractivity contribution in [2.75, 3.05) is 5.32 Å². The second-order valence-electron chi connectivity index (χ2n) is 9.57.